The van der Waals surface area contributed by atoms with Gasteiger partial charge in [0, 0.05) is 31.6 Å². The van der Waals surface area contributed by atoms with Gasteiger partial charge in [-0.15, -0.1) is 0 Å². The van der Waals surface area contributed by atoms with Gasteiger partial charge in [0.1, 0.15) is 11.5 Å². The van der Waals surface area contributed by atoms with E-state index in [-0.39, 0.29) is 0 Å². The van der Waals surface area contributed by atoms with Gasteiger partial charge in [0.15, 0.2) is 0 Å². The Morgan fingerprint density at radius 1 is 1.14 bits per heavy atom. The lowest BCUT2D eigenvalue weighted by Crippen LogP contribution is -2.56. The summed E-state index contributed by atoms with van der Waals surface area (Å²) < 4.78 is 5.68. The Kier molecular flexibility index (Phi) is 3.40. The van der Waals surface area contributed by atoms with Crippen LogP contribution in [0.3, 0.4) is 0 Å². The van der Waals surface area contributed by atoms with Crippen LogP contribution >= 0.6 is 11.3 Å². The summed E-state index contributed by atoms with van der Waals surface area (Å²) in [5.74, 6) is 2.12. The second-order valence-electron chi connectivity index (χ2n) is 6.75. The molecular weight excluding hydrogens is 280 g/mol. The Hall–Kier alpha value is -1.10. The highest BCUT2D eigenvalue weighted by atomic mass is 32.1. The van der Waals surface area contributed by atoms with E-state index in [2.05, 4.69) is 38.8 Å². The Morgan fingerprint density at radius 2 is 2.00 bits per heavy atom. The van der Waals surface area contributed by atoms with Gasteiger partial charge in [-0.2, -0.15) is 11.3 Å². The van der Waals surface area contributed by atoms with E-state index in [1.165, 1.54) is 38.2 Å². The molecule has 112 valence electrons. The minimum Gasteiger partial charge on any atom is -0.465 e. The van der Waals surface area contributed by atoms with Crippen molar-refractivity contribution in [1.29, 1.82) is 0 Å². The van der Waals surface area contributed by atoms with E-state index < -0.39 is 0 Å². The van der Waals surface area contributed by atoms with Crippen molar-refractivity contribution in [2.75, 3.05) is 26.2 Å². The standard InChI is InChI=1S/C17H22N2OS/c1-14-2-3-16(20-14)9-19-12-17(13-19)5-6-18(11-17)8-15-4-7-21-10-15/h2-4,7,10H,5-6,8-9,11-13H2,1H3. The van der Waals surface area contributed by atoms with Gasteiger partial charge >= 0.3 is 0 Å². The van der Waals surface area contributed by atoms with Crippen molar-refractivity contribution in [3.8, 4) is 0 Å². The fourth-order valence-corrected chi connectivity index (χ4v) is 4.53. The van der Waals surface area contributed by atoms with Crippen LogP contribution in [0.15, 0.2) is 33.4 Å². The number of thiophene rings is 1. The van der Waals surface area contributed by atoms with Crippen molar-refractivity contribution < 1.29 is 4.42 Å². The normalized spacial score (nSPS) is 22.0. The second-order valence-corrected chi connectivity index (χ2v) is 7.53. The Labute approximate surface area is 130 Å². The Bertz CT molecular complexity index is 598. The maximum Gasteiger partial charge on any atom is 0.118 e. The topological polar surface area (TPSA) is 19.6 Å². The second kappa shape index (κ2) is 5.27. The Balaban J connectivity index is 1.29. The predicted octanol–water partition coefficient (Wildman–Crippen LogP) is 3.36. The van der Waals surface area contributed by atoms with E-state index in [4.69, 9.17) is 4.42 Å². The van der Waals surface area contributed by atoms with Crippen LogP contribution in [0.1, 0.15) is 23.5 Å². The molecule has 2 aromatic heterocycles. The third-order valence-corrected chi connectivity index (χ3v) is 5.53. The van der Waals surface area contributed by atoms with Crippen LogP contribution in [-0.2, 0) is 13.1 Å². The molecule has 0 atom stereocenters. The molecule has 0 aromatic carbocycles. The van der Waals surface area contributed by atoms with Crippen molar-refractivity contribution in [2.24, 2.45) is 5.41 Å². The van der Waals surface area contributed by atoms with Gasteiger partial charge in [0.25, 0.3) is 0 Å². The molecule has 2 aromatic rings. The monoisotopic (exact) mass is 302 g/mol. The number of nitrogens with zero attached hydrogens (tertiary/aromatic N) is 2. The summed E-state index contributed by atoms with van der Waals surface area (Å²) in [6.07, 6.45) is 1.35. The molecule has 2 saturated heterocycles. The summed E-state index contributed by atoms with van der Waals surface area (Å²) in [6, 6.07) is 6.42. The molecule has 0 unspecified atom stereocenters. The van der Waals surface area contributed by atoms with Gasteiger partial charge in [-0.05, 0) is 54.4 Å². The molecule has 21 heavy (non-hydrogen) atoms. The third kappa shape index (κ3) is 2.80. The number of hydrogen-bond donors (Lipinski definition) is 0. The minimum absolute atomic E-state index is 0.553. The average molecular weight is 302 g/mol. The number of hydrogen-bond acceptors (Lipinski definition) is 4. The SMILES string of the molecule is Cc1ccc(CN2CC3(CCN(Cc4ccsc4)C3)C2)o1. The molecule has 4 heterocycles. The maximum atomic E-state index is 5.68. The zero-order chi connectivity index (χ0) is 14.3. The summed E-state index contributed by atoms with van der Waals surface area (Å²) in [4.78, 5) is 5.14. The summed E-state index contributed by atoms with van der Waals surface area (Å²) in [5.41, 5.74) is 2.02. The van der Waals surface area contributed by atoms with Crippen LogP contribution in [0.4, 0.5) is 0 Å². The molecule has 4 rings (SSSR count). The van der Waals surface area contributed by atoms with Crippen LogP contribution in [0.2, 0.25) is 0 Å². The van der Waals surface area contributed by atoms with E-state index in [0.29, 0.717) is 5.41 Å². The number of aryl methyl sites for hydroxylation is 1. The van der Waals surface area contributed by atoms with Gasteiger partial charge in [-0.25, -0.2) is 0 Å². The highest BCUT2D eigenvalue weighted by Crippen LogP contribution is 2.40. The molecule has 0 amide bonds. The summed E-state index contributed by atoms with van der Waals surface area (Å²) in [7, 11) is 0. The first-order chi connectivity index (χ1) is 10.2. The highest BCUT2D eigenvalue weighted by molar-refractivity contribution is 7.07. The van der Waals surface area contributed by atoms with Gasteiger partial charge in [-0.1, -0.05) is 0 Å². The molecule has 0 saturated carbocycles. The van der Waals surface area contributed by atoms with Crippen molar-refractivity contribution in [2.45, 2.75) is 26.4 Å². The van der Waals surface area contributed by atoms with Crippen LogP contribution in [-0.4, -0.2) is 36.0 Å². The molecule has 0 aliphatic carbocycles. The molecule has 3 nitrogen and oxygen atoms in total. The van der Waals surface area contributed by atoms with Crippen molar-refractivity contribution in [1.82, 2.24) is 9.80 Å². The maximum absolute atomic E-state index is 5.68. The molecule has 2 fully saturated rings. The summed E-state index contributed by atoms with van der Waals surface area (Å²) in [6.45, 7) is 9.09. The third-order valence-electron chi connectivity index (χ3n) is 4.80. The van der Waals surface area contributed by atoms with Crippen LogP contribution in [0.5, 0.6) is 0 Å². The van der Waals surface area contributed by atoms with E-state index >= 15 is 0 Å². The minimum atomic E-state index is 0.553. The van der Waals surface area contributed by atoms with Gasteiger partial charge in [-0.3, -0.25) is 9.80 Å². The average Bonchev–Trinajstić information content (AvgIpc) is 3.12. The smallest absolute Gasteiger partial charge is 0.118 e. The lowest BCUT2D eigenvalue weighted by molar-refractivity contribution is -0.00279. The van der Waals surface area contributed by atoms with Gasteiger partial charge in [0.2, 0.25) is 0 Å². The van der Waals surface area contributed by atoms with E-state index in [9.17, 15) is 0 Å². The van der Waals surface area contributed by atoms with E-state index in [0.717, 1.165) is 24.6 Å². The summed E-state index contributed by atoms with van der Waals surface area (Å²) >= 11 is 1.80. The van der Waals surface area contributed by atoms with Crippen LogP contribution in [0, 0.1) is 12.3 Å². The van der Waals surface area contributed by atoms with E-state index in [1.807, 2.05) is 6.92 Å². The molecule has 2 aliphatic rings. The largest absolute Gasteiger partial charge is 0.465 e. The summed E-state index contributed by atoms with van der Waals surface area (Å²) in [5, 5.41) is 4.45. The first-order valence-corrected chi connectivity index (χ1v) is 8.66. The zero-order valence-electron chi connectivity index (χ0n) is 12.5. The number of rotatable bonds is 4. The molecule has 0 bridgehead atoms. The first kappa shape index (κ1) is 13.6. The number of likely N-dealkylation sites (tertiary alicyclic amines) is 2. The highest BCUT2D eigenvalue weighted by Gasteiger charge is 2.47. The first-order valence-electron chi connectivity index (χ1n) is 7.72. The van der Waals surface area contributed by atoms with E-state index in [1.54, 1.807) is 11.3 Å². The Morgan fingerprint density at radius 3 is 2.71 bits per heavy atom. The van der Waals surface area contributed by atoms with Crippen molar-refractivity contribution in [3.05, 3.63) is 46.0 Å². The quantitative estimate of drug-likeness (QED) is 0.863. The predicted molar refractivity (Wildman–Crippen MR) is 85.4 cm³/mol. The van der Waals surface area contributed by atoms with Gasteiger partial charge in [0.05, 0.1) is 6.54 Å². The molecule has 2 aliphatic heterocycles. The number of furan rings is 1. The molecular formula is C17H22N2OS. The van der Waals surface area contributed by atoms with Crippen LogP contribution in [0.25, 0.3) is 0 Å². The molecule has 0 N–H and O–H groups in total. The van der Waals surface area contributed by atoms with Crippen molar-refractivity contribution in [3.63, 3.8) is 0 Å². The lowest BCUT2D eigenvalue weighted by Gasteiger charge is -2.48. The lowest BCUT2D eigenvalue weighted by atomic mass is 9.79. The fraction of sp³-hybridized carbons (Fsp3) is 0.529. The molecule has 4 heteroatoms. The van der Waals surface area contributed by atoms with Gasteiger partial charge < -0.3 is 4.42 Å². The van der Waals surface area contributed by atoms with Crippen molar-refractivity contribution >= 4 is 11.3 Å². The zero-order valence-corrected chi connectivity index (χ0v) is 13.4. The fourth-order valence-electron chi connectivity index (χ4n) is 3.87. The van der Waals surface area contributed by atoms with Crippen LogP contribution < -0.4 is 0 Å². The molecule has 0 radical (unpaired) electrons. The molecule has 1 spiro atoms.